The highest BCUT2D eigenvalue weighted by molar-refractivity contribution is 5.94. The molecule has 1 aliphatic carbocycles. The van der Waals surface area contributed by atoms with E-state index in [9.17, 15) is 9.59 Å². The van der Waals surface area contributed by atoms with Crippen LogP contribution in [0, 0.1) is 26.7 Å². The van der Waals surface area contributed by atoms with E-state index in [0.29, 0.717) is 25.7 Å². The minimum atomic E-state index is -0.0151. The first-order valence-corrected chi connectivity index (χ1v) is 6.88. The van der Waals surface area contributed by atoms with Crippen LogP contribution in [0.1, 0.15) is 42.4 Å². The largest absolute Gasteiger partial charge is 0.326 e. The quantitative estimate of drug-likeness (QED) is 0.885. The van der Waals surface area contributed by atoms with Crippen LogP contribution in [0.25, 0.3) is 0 Å². The Hall–Kier alpha value is -1.64. The van der Waals surface area contributed by atoms with Crippen LogP contribution in [0.15, 0.2) is 12.1 Å². The van der Waals surface area contributed by atoms with Crippen molar-refractivity contribution in [2.24, 2.45) is 5.92 Å². The summed E-state index contributed by atoms with van der Waals surface area (Å²) in [7, 11) is 0. The standard InChI is InChI=1S/C16H21NO2/c1-10-4-9-15(12(3)11(10)2)17-16(19)13-5-7-14(18)8-6-13/h4,9,13H,5-8H2,1-3H3,(H,17,19). The van der Waals surface area contributed by atoms with E-state index in [1.165, 1.54) is 11.1 Å². The third-order valence-corrected chi connectivity index (χ3v) is 4.23. The van der Waals surface area contributed by atoms with Crippen LogP contribution in [0.4, 0.5) is 5.69 Å². The van der Waals surface area contributed by atoms with Gasteiger partial charge in [0.05, 0.1) is 0 Å². The fraction of sp³-hybridized carbons (Fsp3) is 0.500. The van der Waals surface area contributed by atoms with Gasteiger partial charge in [-0.3, -0.25) is 9.59 Å². The molecule has 2 rings (SSSR count). The predicted octanol–water partition coefficient (Wildman–Crippen LogP) is 3.31. The van der Waals surface area contributed by atoms with Crippen molar-refractivity contribution in [1.82, 2.24) is 0 Å². The van der Waals surface area contributed by atoms with Crippen molar-refractivity contribution in [3.8, 4) is 0 Å². The Morgan fingerprint density at radius 2 is 1.74 bits per heavy atom. The first kappa shape index (κ1) is 13.8. The summed E-state index contributed by atoms with van der Waals surface area (Å²) in [5, 5.41) is 3.01. The molecule has 0 aliphatic heterocycles. The summed E-state index contributed by atoms with van der Waals surface area (Å²) in [5.41, 5.74) is 4.47. The number of carbonyl (C=O) groups is 2. The molecular formula is C16H21NO2. The van der Waals surface area contributed by atoms with E-state index in [1.807, 2.05) is 19.1 Å². The van der Waals surface area contributed by atoms with Crippen molar-refractivity contribution in [2.45, 2.75) is 46.5 Å². The number of benzene rings is 1. The second-order valence-corrected chi connectivity index (χ2v) is 5.48. The number of amides is 1. The molecular weight excluding hydrogens is 238 g/mol. The fourth-order valence-electron chi connectivity index (χ4n) is 2.53. The summed E-state index contributed by atoms with van der Waals surface area (Å²) >= 11 is 0. The van der Waals surface area contributed by atoms with Gasteiger partial charge < -0.3 is 5.32 Å². The number of nitrogens with one attached hydrogen (secondary N) is 1. The Labute approximate surface area is 114 Å². The molecule has 0 unspecified atom stereocenters. The smallest absolute Gasteiger partial charge is 0.227 e. The fourth-order valence-corrected chi connectivity index (χ4v) is 2.53. The Kier molecular flexibility index (Phi) is 4.03. The molecule has 0 bridgehead atoms. The van der Waals surface area contributed by atoms with E-state index in [2.05, 4.69) is 19.2 Å². The van der Waals surface area contributed by atoms with Gasteiger partial charge in [-0.2, -0.15) is 0 Å². The third-order valence-electron chi connectivity index (χ3n) is 4.23. The van der Waals surface area contributed by atoms with Gasteiger partial charge in [-0.25, -0.2) is 0 Å². The lowest BCUT2D eigenvalue weighted by atomic mass is 9.87. The molecule has 0 atom stereocenters. The molecule has 1 fully saturated rings. The lowest BCUT2D eigenvalue weighted by molar-refractivity contribution is -0.125. The minimum absolute atomic E-state index is 0.0151. The van der Waals surface area contributed by atoms with Crippen LogP contribution in [-0.4, -0.2) is 11.7 Å². The van der Waals surface area contributed by atoms with E-state index in [1.54, 1.807) is 0 Å². The van der Waals surface area contributed by atoms with Gasteiger partial charge in [0.25, 0.3) is 0 Å². The van der Waals surface area contributed by atoms with Crippen molar-refractivity contribution in [3.63, 3.8) is 0 Å². The summed E-state index contributed by atoms with van der Waals surface area (Å²) < 4.78 is 0. The molecule has 1 aliphatic rings. The van der Waals surface area contributed by atoms with Gasteiger partial charge in [0.1, 0.15) is 5.78 Å². The Balaban J connectivity index is 2.07. The number of aryl methyl sites for hydroxylation is 1. The van der Waals surface area contributed by atoms with E-state index in [0.717, 1.165) is 11.3 Å². The molecule has 1 saturated carbocycles. The number of ketones is 1. The molecule has 3 nitrogen and oxygen atoms in total. The summed E-state index contributed by atoms with van der Waals surface area (Å²) in [6.07, 6.45) is 2.47. The molecule has 102 valence electrons. The zero-order valence-corrected chi connectivity index (χ0v) is 11.9. The Bertz CT molecular complexity index is 510. The van der Waals surface area contributed by atoms with Gasteiger partial charge in [-0.05, 0) is 56.4 Å². The van der Waals surface area contributed by atoms with Gasteiger partial charge in [0.15, 0.2) is 0 Å². The van der Waals surface area contributed by atoms with E-state index >= 15 is 0 Å². The van der Waals surface area contributed by atoms with Crippen LogP contribution in [-0.2, 0) is 9.59 Å². The molecule has 1 aromatic rings. The van der Waals surface area contributed by atoms with Crippen LogP contribution < -0.4 is 5.32 Å². The normalized spacial score (nSPS) is 16.5. The second-order valence-electron chi connectivity index (χ2n) is 5.48. The maximum Gasteiger partial charge on any atom is 0.227 e. The van der Waals surface area contributed by atoms with E-state index in [4.69, 9.17) is 0 Å². The molecule has 1 amide bonds. The lowest BCUT2D eigenvalue weighted by Gasteiger charge is -2.21. The maximum absolute atomic E-state index is 12.2. The van der Waals surface area contributed by atoms with Crippen LogP contribution in [0.3, 0.4) is 0 Å². The van der Waals surface area contributed by atoms with Crippen molar-refractivity contribution in [3.05, 3.63) is 28.8 Å². The molecule has 0 spiro atoms. The average Bonchev–Trinajstić information content (AvgIpc) is 2.40. The number of hydrogen-bond donors (Lipinski definition) is 1. The van der Waals surface area contributed by atoms with Crippen LogP contribution >= 0.6 is 0 Å². The second kappa shape index (κ2) is 5.55. The molecule has 0 radical (unpaired) electrons. The molecule has 3 heteroatoms. The van der Waals surface area contributed by atoms with Gasteiger partial charge in [-0.1, -0.05) is 6.07 Å². The van der Waals surface area contributed by atoms with Crippen molar-refractivity contribution < 1.29 is 9.59 Å². The van der Waals surface area contributed by atoms with Crippen molar-refractivity contribution in [2.75, 3.05) is 5.32 Å². The lowest BCUT2D eigenvalue weighted by Crippen LogP contribution is -2.27. The highest BCUT2D eigenvalue weighted by Crippen LogP contribution is 2.26. The zero-order chi connectivity index (χ0) is 14.0. The highest BCUT2D eigenvalue weighted by Gasteiger charge is 2.25. The van der Waals surface area contributed by atoms with Crippen molar-refractivity contribution in [1.29, 1.82) is 0 Å². The summed E-state index contributed by atoms with van der Waals surface area (Å²) in [4.78, 5) is 23.4. The number of anilines is 1. The number of carbonyl (C=O) groups excluding carboxylic acids is 2. The third kappa shape index (κ3) is 3.03. The minimum Gasteiger partial charge on any atom is -0.326 e. The SMILES string of the molecule is Cc1ccc(NC(=O)C2CCC(=O)CC2)c(C)c1C. The monoisotopic (exact) mass is 259 g/mol. The summed E-state index contributed by atoms with van der Waals surface area (Å²) in [6, 6.07) is 3.99. The topological polar surface area (TPSA) is 46.2 Å². The first-order chi connectivity index (χ1) is 8.99. The van der Waals surface area contributed by atoms with Crippen molar-refractivity contribution >= 4 is 17.4 Å². The van der Waals surface area contributed by atoms with Gasteiger partial charge in [0, 0.05) is 24.4 Å². The zero-order valence-electron chi connectivity index (χ0n) is 11.9. The van der Waals surface area contributed by atoms with Crippen LogP contribution in [0.2, 0.25) is 0 Å². The Morgan fingerprint density at radius 1 is 1.11 bits per heavy atom. The predicted molar refractivity (Wildman–Crippen MR) is 76.2 cm³/mol. The van der Waals surface area contributed by atoms with E-state index in [-0.39, 0.29) is 17.6 Å². The maximum atomic E-state index is 12.2. The van der Waals surface area contributed by atoms with Gasteiger partial charge in [0.2, 0.25) is 5.91 Å². The summed E-state index contributed by atoms with van der Waals surface area (Å²) in [6.45, 7) is 6.17. The molecule has 0 saturated heterocycles. The van der Waals surface area contributed by atoms with E-state index < -0.39 is 0 Å². The van der Waals surface area contributed by atoms with Gasteiger partial charge >= 0.3 is 0 Å². The molecule has 1 N–H and O–H groups in total. The summed E-state index contributed by atoms with van der Waals surface area (Å²) in [5.74, 6) is 0.323. The van der Waals surface area contributed by atoms with Crippen LogP contribution in [0.5, 0.6) is 0 Å². The average molecular weight is 259 g/mol. The highest BCUT2D eigenvalue weighted by atomic mass is 16.2. The molecule has 0 heterocycles. The molecule has 19 heavy (non-hydrogen) atoms. The number of hydrogen-bond acceptors (Lipinski definition) is 2. The number of rotatable bonds is 2. The Morgan fingerprint density at radius 3 is 2.37 bits per heavy atom. The number of Topliss-reactive ketones (excluding diaryl/α,β-unsaturated/α-hetero) is 1. The van der Waals surface area contributed by atoms with Gasteiger partial charge in [-0.15, -0.1) is 0 Å². The first-order valence-electron chi connectivity index (χ1n) is 6.88. The molecule has 0 aromatic heterocycles. The molecule has 1 aromatic carbocycles.